The van der Waals surface area contributed by atoms with Gasteiger partial charge in [-0.25, -0.2) is 9.37 Å². The third-order valence-electron chi connectivity index (χ3n) is 1.37. The molecule has 0 bridgehead atoms. The van der Waals surface area contributed by atoms with Crippen molar-refractivity contribution in [3.63, 3.8) is 0 Å². The molecule has 0 aliphatic carbocycles. The Morgan fingerprint density at radius 2 is 2.25 bits per heavy atom. The number of nitrogens with zero attached hydrogens (tertiary/aromatic N) is 1. The van der Waals surface area contributed by atoms with Crippen LogP contribution in [-0.2, 0) is 11.2 Å². The van der Waals surface area contributed by atoms with Gasteiger partial charge in [0.1, 0.15) is 11.6 Å². The first kappa shape index (κ1) is 8.77. The summed E-state index contributed by atoms with van der Waals surface area (Å²) in [5, 5.41) is 0. The number of pyridine rings is 1. The first-order chi connectivity index (χ1) is 5.61. The fourth-order valence-corrected chi connectivity index (χ4v) is 0.852. The summed E-state index contributed by atoms with van der Waals surface area (Å²) in [7, 11) is 0. The van der Waals surface area contributed by atoms with E-state index >= 15 is 0 Å². The van der Waals surface area contributed by atoms with E-state index in [9.17, 15) is 13.6 Å². The van der Waals surface area contributed by atoms with Crippen molar-refractivity contribution < 1.29 is 13.6 Å². The summed E-state index contributed by atoms with van der Waals surface area (Å²) in [6, 6.07) is 1.03. The van der Waals surface area contributed by atoms with Crippen LogP contribution in [0, 0.1) is 11.8 Å². The van der Waals surface area contributed by atoms with Gasteiger partial charge in [-0.3, -0.25) is 4.79 Å². The number of aromatic nitrogens is 1. The number of Topliss-reactive ketones (excluding diaryl/α,β-unsaturated/α-hetero) is 1. The highest BCUT2D eigenvalue weighted by Crippen LogP contribution is 2.09. The van der Waals surface area contributed by atoms with Gasteiger partial charge in [0.2, 0.25) is 5.95 Å². The predicted octanol–water partition coefficient (Wildman–Crippen LogP) is 1.49. The van der Waals surface area contributed by atoms with Crippen LogP contribution in [0.5, 0.6) is 0 Å². The number of ketones is 1. The Morgan fingerprint density at radius 3 is 2.75 bits per heavy atom. The van der Waals surface area contributed by atoms with E-state index in [0.29, 0.717) is 0 Å². The van der Waals surface area contributed by atoms with Gasteiger partial charge in [0, 0.05) is 12.6 Å². The normalized spacial score (nSPS) is 9.92. The quantitative estimate of drug-likeness (QED) is 0.631. The van der Waals surface area contributed by atoms with Gasteiger partial charge < -0.3 is 0 Å². The maximum atomic E-state index is 12.8. The lowest BCUT2D eigenvalue weighted by Crippen LogP contribution is -2.04. The zero-order valence-electron chi connectivity index (χ0n) is 6.47. The second kappa shape index (κ2) is 3.38. The second-order valence-corrected chi connectivity index (χ2v) is 2.44. The van der Waals surface area contributed by atoms with E-state index in [1.165, 1.54) is 6.92 Å². The number of halogens is 2. The molecule has 0 fully saturated rings. The van der Waals surface area contributed by atoms with Crippen LogP contribution in [0.25, 0.3) is 0 Å². The van der Waals surface area contributed by atoms with Gasteiger partial charge >= 0.3 is 0 Å². The van der Waals surface area contributed by atoms with Gasteiger partial charge in [0.25, 0.3) is 0 Å². The molecule has 0 unspecified atom stereocenters. The molecule has 2 nitrogen and oxygen atoms in total. The largest absolute Gasteiger partial charge is 0.300 e. The van der Waals surface area contributed by atoms with Crippen LogP contribution >= 0.6 is 0 Å². The number of carbonyl (C=O) groups excluding carboxylic acids is 1. The predicted molar refractivity (Wildman–Crippen MR) is 38.5 cm³/mol. The number of hydrogen-bond acceptors (Lipinski definition) is 2. The van der Waals surface area contributed by atoms with Crippen molar-refractivity contribution in [1.82, 2.24) is 4.98 Å². The van der Waals surface area contributed by atoms with Crippen LogP contribution in [0.3, 0.4) is 0 Å². The Bertz CT molecular complexity index is 292. The van der Waals surface area contributed by atoms with Crippen LogP contribution in [0.1, 0.15) is 12.5 Å². The standard InChI is InChI=1S/C8H7F2NO/c1-5(12)4-6-7(9)2-3-11-8(6)10/h2-3H,4H2,1H3. The highest BCUT2D eigenvalue weighted by atomic mass is 19.1. The first-order valence-electron chi connectivity index (χ1n) is 3.39. The lowest BCUT2D eigenvalue weighted by atomic mass is 10.1. The van der Waals surface area contributed by atoms with E-state index in [-0.39, 0.29) is 17.8 Å². The maximum Gasteiger partial charge on any atom is 0.219 e. The number of rotatable bonds is 2. The Kier molecular flexibility index (Phi) is 2.47. The first-order valence-corrected chi connectivity index (χ1v) is 3.39. The number of hydrogen-bond donors (Lipinski definition) is 0. The summed E-state index contributed by atoms with van der Waals surface area (Å²) in [6.45, 7) is 1.27. The molecule has 0 saturated heterocycles. The van der Waals surface area contributed by atoms with Crippen LogP contribution in [-0.4, -0.2) is 10.8 Å². The molecule has 0 aliphatic rings. The van der Waals surface area contributed by atoms with E-state index in [0.717, 1.165) is 12.3 Å². The van der Waals surface area contributed by atoms with Crippen molar-refractivity contribution in [2.45, 2.75) is 13.3 Å². The van der Waals surface area contributed by atoms with Gasteiger partial charge in [-0.15, -0.1) is 0 Å². The lowest BCUT2D eigenvalue weighted by Gasteiger charge is -1.99. The Hall–Kier alpha value is -1.32. The summed E-state index contributed by atoms with van der Waals surface area (Å²) in [5.41, 5.74) is -0.259. The molecule has 0 amide bonds. The summed E-state index contributed by atoms with van der Waals surface area (Å²) in [4.78, 5) is 13.8. The van der Waals surface area contributed by atoms with E-state index in [1.54, 1.807) is 0 Å². The minimum absolute atomic E-state index is 0.245. The SMILES string of the molecule is CC(=O)Cc1c(F)ccnc1F. The average molecular weight is 171 g/mol. The molecule has 0 N–H and O–H groups in total. The summed E-state index contributed by atoms with van der Waals surface area (Å²) in [6.07, 6.45) is 0.778. The van der Waals surface area contributed by atoms with E-state index in [2.05, 4.69) is 4.98 Å². The molecular formula is C8H7F2NO. The zero-order chi connectivity index (χ0) is 9.14. The highest BCUT2D eigenvalue weighted by molar-refractivity contribution is 5.78. The monoisotopic (exact) mass is 171 g/mol. The second-order valence-electron chi connectivity index (χ2n) is 2.44. The van der Waals surface area contributed by atoms with Gasteiger partial charge in [0.15, 0.2) is 0 Å². The molecule has 0 radical (unpaired) electrons. The minimum atomic E-state index is -0.912. The highest BCUT2D eigenvalue weighted by Gasteiger charge is 2.10. The van der Waals surface area contributed by atoms with Crippen molar-refractivity contribution in [3.8, 4) is 0 Å². The van der Waals surface area contributed by atoms with Gasteiger partial charge in [0.05, 0.1) is 5.56 Å². The molecule has 64 valence electrons. The average Bonchev–Trinajstić information content (AvgIpc) is 1.97. The molecule has 12 heavy (non-hydrogen) atoms. The van der Waals surface area contributed by atoms with Crippen molar-refractivity contribution >= 4 is 5.78 Å². The molecule has 1 aromatic heterocycles. The Labute approximate surface area is 68.2 Å². The van der Waals surface area contributed by atoms with Gasteiger partial charge in [-0.05, 0) is 13.0 Å². The molecule has 1 heterocycles. The van der Waals surface area contributed by atoms with Crippen molar-refractivity contribution in [2.75, 3.05) is 0 Å². The number of carbonyl (C=O) groups is 1. The lowest BCUT2D eigenvalue weighted by molar-refractivity contribution is -0.116. The molecule has 0 atom stereocenters. The van der Waals surface area contributed by atoms with Crippen molar-refractivity contribution in [3.05, 3.63) is 29.6 Å². The van der Waals surface area contributed by atoms with Crippen molar-refractivity contribution in [2.24, 2.45) is 0 Å². The van der Waals surface area contributed by atoms with Crippen LogP contribution < -0.4 is 0 Å². The fraction of sp³-hybridized carbons (Fsp3) is 0.250. The van der Waals surface area contributed by atoms with E-state index in [4.69, 9.17) is 0 Å². The zero-order valence-corrected chi connectivity index (χ0v) is 6.47. The summed E-state index contributed by atoms with van der Waals surface area (Å²) >= 11 is 0. The third-order valence-corrected chi connectivity index (χ3v) is 1.37. The summed E-state index contributed by atoms with van der Waals surface area (Å²) in [5.74, 6) is -1.93. The van der Waals surface area contributed by atoms with Crippen LogP contribution in [0.2, 0.25) is 0 Å². The van der Waals surface area contributed by atoms with Crippen molar-refractivity contribution in [1.29, 1.82) is 0 Å². The minimum Gasteiger partial charge on any atom is -0.300 e. The van der Waals surface area contributed by atoms with Gasteiger partial charge in [-0.2, -0.15) is 4.39 Å². The fourth-order valence-electron chi connectivity index (χ4n) is 0.852. The maximum absolute atomic E-state index is 12.8. The Balaban J connectivity index is 3.04. The topological polar surface area (TPSA) is 30.0 Å². The Morgan fingerprint density at radius 1 is 1.58 bits per heavy atom. The molecule has 0 aromatic carbocycles. The van der Waals surface area contributed by atoms with Crippen LogP contribution in [0.4, 0.5) is 8.78 Å². The van der Waals surface area contributed by atoms with E-state index < -0.39 is 11.8 Å². The van der Waals surface area contributed by atoms with Crippen LogP contribution in [0.15, 0.2) is 12.3 Å². The smallest absolute Gasteiger partial charge is 0.219 e. The molecule has 1 aromatic rings. The molecule has 0 spiro atoms. The molecule has 4 heteroatoms. The molecular weight excluding hydrogens is 164 g/mol. The third kappa shape index (κ3) is 1.84. The van der Waals surface area contributed by atoms with Gasteiger partial charge in [-0.1, -0.05) is 0 Å². The van der Waals surface area contributed by atoms with E-state index in [1.807, 2.05) is 0 Å². The molecule has 1 rings (SSSR count). The molecule has 0 saturated carbocycles. The molecule has 0 aliphatic heterocycles. The summed E-state index contributed by atoms with van der Waals surface area (Å²) < 4.78 is 25.5.